The summed E-state index contributed by atoms with van der Waals surface area (Å²) in [5.74, 6) is 1.52. The fraction of sp³-hybridized carbons (Fsp3) is 0.562. The summed E-state index contributed by atoms with van der Waals surface area (Å²) in [6.07, 6.45) is 0. The van der Waals surface area contributed by atoms with Gasteiger partial charge in [-0.25, -0.2) is 4.79 Å². The summed E-state index contributed by atoms with van der Waals surface area (Å²) < 4.78 is 10.9. The van der Waals surface area contributed by atoms with Gasteiger partial charge in [0.25, 0.3) is 0 Å². The Morgan fingerprint density at radius 3 is 2.18 bits per heavy atom. The molecule has 122 valence electrons. The Labute approximate surface area is 132 Å². The fourth-order valence-corrected chi connectivity index (χ4v) is 2.36. The number of urea groups is 1. The molecule has 2 rings (SSSR count). The van der Waals surface area contributed by atoms with Crippen molar-refractivity contribution in [3.8, 4) is 11.5 Å². The van der Waals surface area contributed by atoms with E-state index in [1.54, 1.807) is 0 Å². The van der Waals surface area contributed by atoms with Crippen LogP contribution in [0.15, 0.2) is 24.3 Å². The highest BCUT2D eigenvalue weighted by atomic mass is 16.5. The van der Waals surface area contributed by atoms with Gasteiger partial charge in [-0.2, -0.15) is 0 Å². The van der Waals surface area contributed by atoms with E-state index in [0.29, 0.717) is 12.4 Å². The Hall–Kier alpha value is -1.95. The van der Waals surface area contributed by atoms with E-state index in [1.165, 1.54) is 0 Å². The van der Waals surface area contributed by atoms with Crippen LogP contribution in [0.2, 0.25) is 0 Å². The minimum Gasteiger partial charge on any atom is -0.494 e. The van der Waals surface area contributed by atoms with Crippen LogP contribution >= 0.6 is 0 Å². The highest BCUT2D eigenvalue weighted by Crippen LogP contribution is 2.17. The number of carbonyl (C=O) groups excluding carboxylic acids is 1. The molecule has 1 aliphatic rings. The Morgan fingerprint density at radius 1 is 1.05 bits per heavy atom. The lowest BCUT2D eigenvalue weighted by Crippen LogP contribution is -2.52. The van der Waals surface area contributed by atoms with Crippen molar-refractivity contribution in [3.63, 3.8) is 0 Å². The molecule has 0 aliphatic carbocycles. The van der Waals surface area contributed by atoms with E-state index < -0.39 is 0 Å². The number of hydrogen-bond acceptors (Lipinski definition) is 4. The molecule has 22 heavy (non-hydrogen) atoms. The summed E-state index contributed by atoms with van der Waals surface area (Å²) >= 11 is 0. The molecule has 1 aliphatic heterocycles. The van der Waals surface area contributed by atoms with Gasteiger partial charge in [-0.3, -0.25) is 0 Å². The molecule has 0 radical (unpaired) electrons. The maximum absolute atomic E-state index is 12.0. The highest BCUT2D eigenvalue weighted by Gasteiger charge is 2.19. The average molecular weight is 307 g/mol. The van der Waals surface area contributed by atoms with Gasteiger partial charge in [0.05, 0.1) is 6.61 Å². The van der Waals surface area contributed by atoms with Crippen LogP contribution in [-0.4, -0.2) is 61.9 Å². The maximum atomic E-state index is 12.0. The van der Waals surface area contributed by atoms with Crippen LogP contribution in [-0.2, 0) is 0 Å². The third kappa shape index (κ3) is 4.80. The number of likely N-dealkylation sites (N-methyl/N-ethyl adjacent to an activating group) is 1. The van der Waals surface area contributed by atoms with Crippen molar-refractivity contribution in [1.82, 2.24) is 15.1 Å². The molecule has 1 saturated heterocycles. The number of nitrogens with zero attached hydrogens (tertiary/aromatic N) is 2. The van der Waals surface area contributed by atoms with Crippen LogP contribution in [0.5, 0.6) is 11.5 Å². The lowest BCUT2D eigenvalue weighted by Gasteiger charge is -2.33. The minimum atomic E-state index is -0.0679. The lowest BCUT2D eigenvalue weighted by atomic mass is 10.3. The number of piperazine rings is 1. The van der Waals surface area contributed by atoms with Crippen molar-refractivity contribution in [1.29, 1.82) is 0 Å². The third-order valence-corrected chi connectivity index (χ3v) is 3.70. The first-order chi connectivity index (χ1) is 10.7. The molecule has 0 aromatic heterocycles. The van der Waals surface area contributed by atoms with Gasteiger partial charge in [0.2, 0.25) is 0 Å². The monoisotopic (exact) mass is 307 g/mol. The van der Waals surface area contributed by atoms with Gasteiger partial charge >= 0.3 is 6.03 Å². The first-order valence-electron chi connectivity index (χ1n) is 7.83. The van der Waals surface area contributed by atoms with Gasteiger partial charge < -0.3 is 24.6 Å². The zero-order valence-corrected chi connectivity index (χ0v) is 13.4. The lowest BCUT2D eigenvalue weighted by molar-refractivity contribution is 0.137. The van der Waals surface area contributed by atoms with Gasteiger partial charge in [0, 0.05) is 26.2 Å². The summed E-state index contributed by atoms with van der Waals surface area (Å²) in [7, 11) is 0. The molecule has 2 amide bonds. The minimum absolute atomic E-state index is 0.0679. The Balaban J connectivity index is 1.68. The molecule has 0 bridgehead atoms. The predicted molar refractivity (Wildman–Crippen MR) is 85.3 cm³/mol. The molecule has 1 aromatic carbocycles. The summed E-state index contributed by atoms with van der Waals surface area (Å²) in [5.41, 5.74) is 0. The van der Waals surface area contributed by atoms with E-state index >= 15 is 0 Å². The molecular weight excluding hydrogens is 282 g/mol. The topological polar surface area (TPSA) is 54.0 Å². The van der Waals surface area contributed by atoms with Crippen LogP contribution < -0.4 is 14.8 Å². The van der Waals surface area contributed by atoms with Crippen LogP contribution in [0, 0.1) is 0 Å². The fourth-order valence-electron chi connectivity index (χ4n) is 2.36. The first-order valence-corrected chi connectivity index (χ1v) is 7.83. The molecule has 0 unspecified atom stereocenters. The molecule has 6 heteroatoms. The molecule has 6 nitrogen and oxygen atoms in total. The van der Waals surface area contributed by atoms with Crippen LogP contribution in [0.3, 0.4) is 0 Å². The van der Waals surface area contributed by atoms with Crippen molar-refractivity contribution in [2.75, 3.05) is 46.1 Å². The number of benzene rings is 1. The van der Waals surface area contributed by atoms with Gasteiger partial charge in [0.1, 0.15) is 11.5 Å². The largest absolute Gasteiger partial charge is 0.494 e. The number of amides is 2. The maximum Gasteiger partial charge on any atom is 0.320 e. The third-order valence-electron chi connectivity index (χ3n) is 3.70. The van der Waals surface area contributed by atoms with Gasteiger partial charge in [-0.05, 0) is 37.7 Å². The predicted octanol–water partition coefficient (Wildman–Crippen LogP) is 1.77. The van der Waals surface area contributed by atoms with Crippen LogP contribution in [0.25, 0.3) is 0 Å². The number of hydrogen-bond donors (Lipinski definition) is 1. The summed E-state index contributed by atoms with van der Waals surface area (Å²) in [6, 6.07) is 7.30. The zero-order chi connectivity index (χ0) is 15.8. The molecule has 1 fully saturated rings. The Kier molecular flexibility index (Phi) is 6.33. The second-order valence-electron chi connectivity index (χ2n) is 5.10. The molecule has 1 N–H and O–H groups in total. The van der Waals surface area contributed by atoms with E-state index in [2.05, 4.69) is 17.1 Å². The molecule has 0 spiro atoms. The molecule has 0 saturated carbocycles. The van der Waals surface area contributed by atoms with E-state index in [1.807, 2.05) is 36.1 Å². The summed E-state index contributed by atoms with van der Waals surface area (Å²) in [4.78, 5) is 16.2. The quantitative estimate of drug-likeness (QED) is 0.814. The molecule has 0 atom stereocenters. The van der Waals surface area contributed by atoms with Gasteiger partial charge in [0.15, 0.2) is 6.73 Å². The van der Waals surface area contributed by atoms with Gasteiger partial charge in [-0.1, -0.05) is 6.92 Å². The van der Waals surface area contributed by atoms with Crippen molar-refractivity contribution < 1.29 is 14.3 Å². The smallest absolute Gasteiger partial charge is 0.320 e. The number of ether oxygens (including phenoxy) is 2. The van der Waals surface area contributed by atoms with Crippen molar-refractivity contribution in [2.24, 2.45) is 0 Å². The number of carbonyl (C=O) groups is 1. The van der Waals surface area contributed by atoms with Crippen LogP contribution in [0.4, 0.5) is 4.79 Å². The number of nitrogens with one attached hydrogen (secondary N) is 1. The summed E-state index contributed by atoms with van der Waals surface area (Å²) in [5, 5.41) is 2.79. The van der Waals surface area contributed by atoms with E-state index in [9.17, 15) is 4.79 Å². The Bertz CT molecular complexity index is 456. The zero-order valence-electron chi connectivity index (χ0n) is 13.4. The molecule has 1 aromatic rings. The SMILES string of the molecule is CCOc1ccc(OCNC(=O)N2CCN(CC)CC2)cc1. The summed E-state index contributed by atoms with van der Waals surface area (Å²) in [6.45, 7) is 9.33. The Morgan fingerprint density at radius 2 is 1.64 bits per heavy atom. The van der Waals surface area contributed by atoms with Crippen molar-refractivity contribution in [2.45, 2.75) is 13.8 Å². The molecular formula is C16H25N3O3. The van der Waals surface area contributed by atoms with E-state index in [-0.39, 0.29) is 12.8 Å². The second kappa shape index (κ2) is 8.48. The molecule has 1 heterocycles. The highest BCUT2D eigenvalue weighted by molar-refractivity contribution is 5.74. The van der Waals surface area contributed by atoms with Gasteiger partial charge in [-0.15, -0.1) is 0 Å². The normalized spacial score (nSPS) is 15.5. The standard InChI is InChI=1S/C16H25N3O3/c1-3-18-9-11-19(12-10-18)16(20)17-13-22-15-7-5-14(6-8-15)21-4-2/h5-8H,3-4,9-13H2,1-2H3,(H,17,20). The van der Waals surface area contributed by atoms with Crippen molar-refractivity contribution in [3.05, 3.63) is 24.3 Å². The van der Waals surface area contributed by atoms with Crippen LogP contribution in [0.1, 0.15) is 13.8 Å². The average Bonchev–Trinajstić information content (AvgIpc) is 2.56. The first kappa shape index (κ1) is 16.4. The van der Waals surface area contributed by atoms with Crippen molar-refractivity contribution >= 4 is 6.03 Å². The van der Waals surface area contributed by atoms with E-state index in [4.69, 9.17) is 9.47 Å². The number of rotatable bonds is 6. The van der Waals surface area contributed by atoms with E-state index in [0.717, 1.165) is 38.5 Å². The second-order valence-corrected chi connectivity index (χ2v) is 5.10.